The van der Waals surface area contributed by atoms with Crippen LogP contribution in [-0.4, -0.2) is 58.0 Å². The maximum Gasteiger partial charge on any atom is 0.354 e. The van der Waals surface area contributed by atoms with E-state index in [9.17, 15) is 9.59 Å². The Balaban J connectivity index is 1.80. The molecule has 1 aromatic heterocycles. The van der Waals surface area contributed by atoms with E-state index in [1.807, 2.05) is 0 Å². The Labute approximate surface area is 123 Å². The Bertz CT molecular complexity index is 494. The molecule has 1 saturated heterocycles. The fourth-order valence-corrected chi connectivity index (χ4v) is 2.63. The number of carboxylic acids is 1. The van der Waals surface area contributed by atoms with Gasteiger partial charge >= 0.3 is 5.97 Å². The van der Waals surface area contributed by atoms with Crippen molar-refractivity contribution in [2.45, 2.75) is 26.2 Å². The summed E-state index contributed by atoms with van der Waals surface area (Å²) in [5, 5.41) is 11.7. The lowest BCUT2D eigenvalue weighted by Gasteiger charge is -2.29. The minimum absolute atomic E-state index is 0.0623. The summed E-state index contributed by atoms with van der Waals surface area (Å²) in [6.45, 7) is 5.80. The van der Waals surface area contributed by atoms with Gasteiger partial charge in [0.05, 0.1) is 6.33 Å². The minimum atomic E-state index is -1.18. The predicted octanol–water partition coefficient (Wildman–Crippen LogP) is 0.960. The van der Waals surface area contributed by atoms with Gasteiger partial charge in [-0.15, -0.1) is 0 Å². The van der Waals surface area contributed by atoms with Crippen molar-refractivity contribution in [2.24, 2.45) is 5.92 Å². The molecule has 0 saturated carbocycles. The number of hydrogen-bond donors (Lipinski definition) is 3. The molecule has 0 aliphatic carbocycles. The lowest BCUT2D eigenvalue weighted by molar-refractivity contribution is 0.0684. The molecule has 0 spiro atoms. The zero-order valence-electron chi connectivity index (χ0n) is 12.3. The molecule has 1 atom stereocenters. The number of piperidine rings is 1. The van der Waals surface area contributed by atoms with E-state index in [4.69, 9.17) is 5.11 Å². The number of nitrogens with one attached hydrogen (secondary N) is 2. The third-order valence-corrected chi connectivity index (χ3v) is 3.70. The Morgan fingerprint density at radius 2 is 2.14 bits per heavy atom. The van der Waals surface area contributed by atoms with Crippen LogP contribution in [0.15, 0.2) is 6.33 Å². The number of nitrogens with zero attached hydrogens (tertiary/aromatic N) is 2. The largest absolute Gasteiger partial charge is 0.477 e. The van der Waals surface area contributed by atoms with Crippen LogP contribution in [0.4, 0.5) is 0 Å². The summed E-state index contributed by atoms with van der Waals surface area (Å²) >= 11 is 0. The SMILES string of the molecule is CC(CNC(=O)c1nc[nH]c1C(=O)O)CN1CCCCC1. The van der Waals surface area contributed by atoms with E-state index in [0.29, 0.717) is 12.5 Å². The number of aromatic carboxylic acids is 1. The second kappa shape index (κ2) is 7.21. The first-order valence-corrected chi connectivity index (χ1v) is 7.35. The van der Waals surface area contributed by atoms with Crippen LogP contribution in [0.5, 0.6) is 0 Å². The molecule has 1 aliphatic rings. The molecule has 0 aromatic carbocycles. The lowest BCUT2D eigenvalue weighted by atomic mass is 10.1. The highest BCUT2D eigenvalue weighted by Crippen LogP contribution is 2.10. The van der Waals surface area contributed by atoms with E-state index in [0.717, 1.165) is 19.6 Å². The van der Waals surface area contributed by atoms with Crippen LogP contribution < -0.4 is 5.32 Å². The molecule has 7 heteroatoms. The fourth-order valence-electron chi connectivity index (χ4n) is 2.63. The van der Waals surface area contributed by atoms with Crippen molar-refractivity contribution in [1.29, 1.82) is 0 Å². The topological polar surface area (TPSA) is 98.3 Å². The maximum atomic E-state index is 12.0. The van der Waals surface area contributed by atoms with E-state index >= 15 is 0 Å². The third kappa shape index (κ3) is 4.29. The summed E-state index contributed by atoms with van der Waals surface area (Å²) in [5.74, 6) is -1.31. The fraction of sp³-hybridized carbons (Fsp3) is 0.643. The molecule has 21 heavy (non-hydrogen) atoms. The van der Waals surface area contributed by atoms with Gasteiger partial charge in [0.1, 0.15) is 0 Å². The number of aromatic amines is 1. The number of imidazole rings is 1. The normalized spacial score (nSPS) is 17.4. The highest BCUT2D eigenvalue weighted by molar-refractivity contribution is 6.02. The van der Waals surface area contributed by atoms with Crippen molar-refractivity contribution in [3.63, 3.8) is 0 Å². The number of likely N-dealkylation sites (tertiary alicyclic amines) is 1. The van der Waals surface area contributed by atoms with E-state index < -0.39 is 11.9 Å². The number of hydrogen-bond acceptors (Lipinski definition) is 4. The summed E-state index contributed by atoms with van der Waals surface area (Å²) in [5.41, 5.74) is -0.233. The predicted molar refractivity (Wildman–Crippen MR) is 77.3 cm³/mol. The first-order chi connectivity index (χ1) is 10.1. The first-order valence-electron chi connectivity index (χ1n) is 7.35. The van der Waals surface area contributed by atoms with Gasteiger partial charge in [-0.2, -0.15) is 0 Å². The molecule has 1 fully saturated rings. The van der Waals surface area contributed by atoms with Crippen LogP contribution in [0.25, 0.3) is 0 Å². The van der Waals surface area contributed by atoms with Crippen molar-refractivity contribution < 1.29 is 14.7 Å². The Morgan fingerprint density at radius 3 is 2.81 bits per heavy atom. The quantitative estimate of drug-likeness (QED) is 0.726. The molecule has 2 rings (SSSR count). The highest BCUT2D eigenvalue weighted by Gasteiger charge is 2.20. The Morgan fingerprint density at radius 1 is 1.43 bits per heavy atom. The molecule has 0 bridgehead atoms. The van der Waals surface area contributed by atoms with Crippen LogP contribution >= 0.6 is 0 Å². The summed E-state index contributed by atoms with van der Waals surface area (Å²) in [4.78, 5) is 31.5. The van der Waals surface area contributed by atoms with Gasteiger partial charge in [-0.25, -0.2) is 9.78 Å². The van der Waals surface area contributed by atoms with Crippen LogP contribution in [0.1, 0.15) is 47.2 Å². The average molecular weight is 294 g/mol. The van der Waals surface area contributed by atoms with Gasteiger partial charge in [-0.05, 0) is 31.8 Å². The average Bonchev–Trinajstić information content (AvgIpc) is 2.95. The van der Waals surface area contributed by atoms with E-state index in [1.165, 1.54) is 25.6 Å². The molecule has 2 heterocycles. The molecule has 1 amide bonds. The molecule has 0 radical (unpaired) electrons. The molecular weight excluding hydrogens is 272 g/mol. The number of H-pyrrole nitrogens is 1. The van der Waals surface area contributed by atoms with Crippen molar-refractivity contribution in [1.82, 2.24) is 20.2 Å². The Hall–Kier alpha value is -1.89. The molecule has 1 aliphatic heterocycles. The van der Waals surface area contributed by atoms with Gasteiger partial charge in [-0.3, -0.25) is 4.79 Å². The van der Waals surface area contributed by atoms with Crippen molar-refractivity contribution >= 4 is 11.9 Å². The molecule has 116 valence electrons. The lowest BCUT2D eigenvalue weighted by Crippen LogP contribution is -2.38. The number of carbonyl (C=O) groups is 2. The van der Waals surface area contributed by atoms with Gasteiger partial charge in [-0.1, -0.05) is 13.3 Å². The zero-order chi connectivity index (χ0) is 15.2. The number of rotatable bonds is 6. The van der Waals surface area contributed by atoms with Crippen LogP contribution in [0.2, 0.25) is 0 Å². The summed E-state index contributed by atoms with van der Waals surface area (Å²) in [6.07, 6.45) is 5.01. The Kier molecular flexibility index (Phi) is 5.32. The van der Waals surface area contributed by atoms with Crippen LogP contribution in [-0.2, 0) is 0 Å². The van der Waals surface area contributed by atoms with Gasteiger partial charge in [0.2, 0.25) is 0 Å². The van der Waals surface area contributed by atoms with Gasteiger partial charge in [0, 0.05) is 13.1 Å². The minimum Gasteiger partial charge on any atom is -0.477 e. The van der Waals surface area contributed by atoms with Crippen molar-refractivity contribution in [3.8, 4) is 0 Å². The number of carboxylic acid groups (broad SMARTS) is 1. The number of aromatic nitrogens is 2. The van der Waals surface area contributed by atoms with E-state index in [2.05, 4.69) is 27.1 Å². The molecule has 7 nitrogen and oxygen atoms in total. The van der Waals surface area contributed by atoms with Crippen LogP contribution in [0, 0.1) is 5.92 Å². The van der Waals surface area contributed by atoms with Gasteiger partial charge in [0.15, 0.2) is 11.4 Å². The molecule has 1 unspecified atom stereocenters. The standard InChI is InChI=1S/C14H22N4O3/c1-10(8-18-5-3-2-4-6-18)7-15-13(19)11-12(14(20)21)17-9-16-11/h9-10H,2-8H2,1H3,(H,15,19)(H,16,17)(H,20,21). The van der Waals surface area contributed by atoms with Crippen LogP contribution in [0.3, 0.4) is 0 Å². The maximum absolute atomic E-state index is 12.0. The zero-order valence-corrected chi connectivity index (χ0v) is 12.3. The summed E-state index contributed by atoms with van der Waals surface area (Å²) in [6, 6.07) is 0. The van der Waals surface area contributed by atoms with Gasteiger partial charge < -0.3 is 20.3 Å². The van der Waals surface area contributed by atoms with E-state index in [1.54, 1.807) is 0 Å². The second-order valence-corrected chi connectivity index (χ2v) is 5.61. The van der Waals surface area contributed by atoms with Crippen molar-refractivity contribution in [2.75, 3.05) is 26.2 Å². The monoisotopic (exact) mass is 294 g/mol. The summed E-state index contributed by atoms with van der Waals surface area (Å²) < 4.78 is 0. The smallest absolute Gasteiger partial charge is 0.354 e. The first kappa shape index (κ1) is 15.5. The third-order valence-electron chi connectivity index (χ3n) is 3.70. The molecular formula is C14H22N4O3. The second-order valence-electron chi connectivity index (χ2n) is 5.61. The molecule has 1 aromatic rings. The molecule has 3 N–H and O–H groups in total. The highest BCUT2D eigenvalue weighted by atomic mass is 16.4. The van der Waals surface area contributed by atoms with Gasteiger partial charge in [0.25, 0.3) is 5.91 Å². The summed E-state index contributed by atoms with van der Waals surface area (Å²) in [7, 11) is 0. The number of carbonyl (C=O) groups excluding carboxylic acids is 1. The van der Waals surface area contributed by atoms with Crippen molar-refractivity contribution in [3.05, 3.63) is 17.7 Å². The number of amides is 1. The van der Waals surface area contributed by atoms with E-state index in [-0.39, 0.29) is 11.4 Å².